The molecule has 0 spiro atoms. The molecule has 0 aliphatic carbocycles. The smallest absolute Gasteiger partial charge is 0.375 e. The minimum absolute atomic E-state index is 0.468. The Labute approximate surface area is 168 Å². The molecule has 0 radical (unpaired) electrons. The van der Waals surface area contributed by atoms with Crippen LogP contribution in [0.25, 0.3) is 4.85 Å². The molecule has 1 fully saturated rings. The van der Waals surface area contributed by atoms with Crippen LogP contribution in [0.15, 0.2) is 0 Å². The van der Waals surface area contributed by atoms with Crippen LogP contribution >= 0.6 is 23.2 Å². The first-order valence-electron chi connectivity index (χ1n) is 7.42. The molecule has 0 aromatic carbocycles. The van der Waals surface area contributed by atoms with E-state index in [-0.39, 0.29) is 0 Å². The molecule has 1 heterocycles. The quantitative estimate of drug-likeness (QED) is 0.236. The van der Waals surface area contributed by atoms with Crippen LogP contribution in [0.5, 0.6) is 0 Å². The molecule has 13 heteroatoms. The lowest BCUT2D eigenvalue weighted by atomic mass is 9.58. The summed E-state index contributed by atoms with van der Waals surface area (Å²) in [5, 5.41) is 46.2. The van der Waals surface area contributed by atoms with Gasteiger partial charge in [-0.1, -0.05) is 23.2 Å². The SMILES string of the molecule is [C-]#[N+]C1(O)O[C@](Cl)(C(O)(Cl)C(C)=O)[C@](O)(C(C)=O)[C@@](O)(C(C)=O)[C@]1(O)C(C)=O. The first-order valence-corrected chi connectivity index (χ1v) is 8.17. The molecular formula is C15H17Cl2NO10. The lowest BCUT2D eigenvalue weighted by Crippen LogP contribution is -2.93. The Bertz CT molecular complexity index is 824. The van der Waals surface area contributed by atoms with E-state index in [1.165, 1.54) is 0 Å². The van der Waals surface area contributed by atoms with Crippen LogP contribution < -0.4 is 0 Å². The van der Waals surface area contributed by atoms with Crippen LogP contribution in [-0.2, 0) is 23.9 Å². The van der Waals surface area contributed by atoms with Gasteiger partial charge in [-0.25, -0.2) is 16.2 Å². The van der Waals surface area contributed by atoms with Crippen molar-refractivity contribution in [1.82, 2.24) is 0 Å². The van der Waals surface area contributed by atoms with Crippen LogP contribution in [0.3, 0.4) is 0 Å². The highest BCUT2D eigenvalue weighted by Crippen LogP contribution is 2.60. The number of hydrogen-bond acceptors (Lipinski definition) is 10. The van der Waals surface area contributed by atoms with E-state index in [0.29, 0.717) is 27.7 Å². The van der Waals surface area contributed by atoms with E-state index in [2.05, 4.69) is 9.58 Å². The average Bonchev–Trinajstić information content (AvgIpc) is 2.56. The summed E-state index contributed by atoms with van der Waals surface area (Å²) in [6, 6.07) is 0. The summed E-state index contributed by atoms with van der Waals surface area (Å²) in [5.41, 5.74) is -12.1. The van der Waals surface area contributed by atoms with Crippen molar-refractivity contribution in [2.75, 3.05) is 0 Å². The maximum Gasteiger partial charge on any atom is 0.497 e. The molecule has 1 saturated heterocycles. The molecule has 1 aliphatic rings. The molecule has 0 bridgehead atoms. The summed E-state index contributed by atoms with van der Waals surface area (Å²) in [5.74, 6) is -10.7. The third-order valence-electron chi connectivity index (χ3n) is 4.84. The van der Waals surface area contributed by atoms with E-state index in [1.54, 1.807) is 0 Å². The van der Waals surface area contributed by atoms with Gasteiger partial charge in [-0.15, -0.1) is 0 Å². The van der Waals surface area contributed by atoms with Gasteiger partial charge in [-0.2, -0.15) is 0 Å². The predicted molar refractivity (Wildman–Crippen MR) is 89.6 cm³/mol. The molecule has 156 valence electrons. The molecule has 11 nitrogen and oxygen atoms in total. The normalized spacial score (nSPS) is 42.8. The molecule has 6 atom stereocenters. The zero-order chi connectivity index (χ0) is 22.7. The minimum Gasteiger partial charge on any atom is -0.375 e. The number of aliphatic hydroxyl groups is 5. The van der Waals surface area contributed by atoms with Crippen molar-refractivity contribution >= 4 is 46.3 Å². The van der Waals surface area contributed by atoms with Crippen molar-refractivity contribution in [3.8, 4) is 0 Å². The number of halogens is 2. The van der Waals surface area contributed by atoms with Crippen molar-refractivity contribution in [2.24, 2.45) is 0 Å². The van der Waals surface area contributed by atoms with Gasteiger partial charge >= 0.3 is 5.91 Å². The van der Waals surface area contributed by atoms with Crippen molar-refractivity contribution < 1.29 is 49.4 Å². The number of ether oxygens (including phenoxy) is 1. The topological polar surface area (TPSA) is 183 Å². The fraction of sp³-hybridized carbons (Fsp3) is 0.667. The van der Waals surface area contributed by atoms with E-state index < -0.39 is 56.0 Å². The fourth-order valence-electron chi connectivity index (χ4n) is 3.19. The van der Waals surface area contributed by atoms with Crippen LogP contribution in [0, 0.1) is 6.57 Å². The number of hydrogen-bond donors (Lipinski definition) is 5. The number of nitrogens with zero attached hydrogens (tertiary/aromatic N) is 1. The van der Waals surface area contributed by atoms with E-state index in [9.17, 15) is 44.7 Å². The fourth-order valence-corrected chi connectivity index (χ4v) is 3.87. The van der Waals surface area contributed by atoms with Gasteiger partial charge in [-0.3, -0.25) is 24.3 Å². The number of ketones is 4. The van der Waals surface area contributed by atoms with Crippen LogP contribution in [-0.4, -0.2) is 81.5 Å². The lowest BCUT2D eigenvalue weighted by molar-refractivity contribution is -0.410. The summed E-state index contributed by atoms with van der Waals surface area (Å²) < 4.78 is 4.65. The predicted octanol–water partition coefficient (Wildman–Crippen LogP) is -2.01. The Hall–Kier alpha value is -1.49. The van der Waals surface area contributed by atoms with Crippen molar-refractivity contribution in [1.29, 1.82) is 0 Å². The van der Waals surface area contributed by atoms with Gasteiger partial charge in [0.05, 0.1) is 0 Å². The lowest BCUT2D eigenvalue weighted by Gasteiger charge is -2.60. The highest BCUT2D eigenvalue weighted by atomic mass is 35.5. The summed E-state index contributed by atoms with van der Waals surface area (Å²) in [7, 11) is 0. The maximum atomic E-state index is 12.3. The van der Waals surface area contributed by atoms with E-state index >= 15 is 0 Å². The van der Waals surface area contributed by atoms with E-state index in [1.807, 2.05) is 0 Å². The molecule has 28 heavy (non-hydrogen) atoms. The molecule has 1 aliphatic heterocycles. The Morgan fingerprint density at radius 2 is 1.25 bits per heavy atom. The van der Waals surface area contributed by atoms with Crippen LogP contribution in [0.4, 0.5) is 0 Å². The third kappa shape index (κ3) is 2.31. The second-order valence-corrected chi connectivity index (χ2v) is 7.47. The number of alkyl halides is 2. The van der Waals surface area contributed by atoms with Crippen LogP contribution in [0.1, 0.15) is 27.7 Å². The highest BCUT2D eigenvalue weighted by molar-refractivity contribution is 6.42. The summed E-state index contributed by atoms with van der Waals surface area (Å²) in [4.78, 5) is 51.1. The van der Waals surface area contributed by atoms with Gasteiger partial charge in [0.15, 0.2) is 23.1 Å². The molecular weight excluding hydrogens is 425 g/mol. The first-order chi connectivity index (χ1) is 12.3. The highest BCUT2D eigenvalue weighted by Gasteiger charge is 2.93. The zero-order valence-corrected chi connectivity index (χ0v) is 16.5. The Balaban J connectivity index is 4.36. The van der Waals surface area contributed by atoms with Gasteiger partial charge in [0.1, 0.15) is 0 Å². The van der Waals surface area contributed by atoms with Gasteiger partial charge in [-0.05, 0) is 27.7 Å². The second-order valence-electron chi connectivity index (χ2n) is 6.40. The average molecular weight is 442 g/mol. The summed E-state index contributed by atoms with van der Waals surface area (Å²) in [6.45, 7) is 9.11. The second kappa shape index (κ2) is 6.51. The Morgan fingerprint density at radius 1 is 0.893 bits per heavy atom. The molecule has 0 aromatic heterocycles. The number of rotatable bonds is 5. The van der Waals surface area contributed by atoms with Gasteiger partial charge in [0.2, 0.25) is 21.3 Å². The van der Waals surface area contributed by atoms with Gasteiger partial charge in [0.25, 0.3) is 5.60 Å². The summed E-state index contributed by atoms with van der Waals surface area (Å²) >= 11 is 11.6. The van der Waals surface area contributed by atoms with Crippen molar-refractivity contribution in [2.45, 2.75) is 60.5 Å². The third-order valence-corrected chi connectivity index (χ3v) is 6.09. The van der Waals surface area contributed by atoms with Crippen molar-refractivity contribution in [3.63, 3.8) is 0 Å². The Kier molecular flexibility index (Phi) is 5.71. The molecule has 0 amide bonds. The van der Waals surface area contributed by atoms with E-state index in [0.717, 1.165) is 0 Å². The molecule has 1 rings (SSSR count). The minimum atomic E-state index is -4.10. The summed E-state index contributed by atoms with van der Waals surface area (Å²) in [6.07, 6.45) is 0. The number of carbonyl (C=O) groups excluding carboxylic acids is 4. The molecule has 0 saturated carbocycles. The largest absolute Gasteiger partial charge is 0.497 e. The molecule has 5 N–H and O–H groups in total. The zero-order valence-electron chi connectivity index (χ0n) is 15.0. The number of Topliss-reactive ketones (excluding diaryl/α,β-unsaturated/α-hetero) is 4. The molecule has 2 unspecified atom stereocenters. The van der Waals surface area contributed by atoms with Gasteiger partial charge in [0, 0.05) is 0 Å². The van der Waals surface area contributed by atoms with E-state index in [4.69, 9.17) is 29.8 Å². The van der Waals surface area contributed by atoms with Gasteiger partial charge < -0.3 is 20.4 Å². The molecule has 0 aromatic rings. The van der Waals surface area contributed by atoms with Crippen LogP contribution in [0.2, 0.25) is 0 Å². The first kappa shape index (κ1) is 24.5. The monoisotopic (exact) mass is 441 g/mol. The maximum absolute atomic E-state index is 12.3. The standard InChI is InChI=1S/C15H17Cl2NO10/c1-6(19)10(23)11(24,7(2)20)14(17,13(16,26)9(4)22)28-15(27,18-5)12(10,25)8(3)21/h23-27H,1-4H3/t10-,11-,12+,13?,14-,15?/m0/s1. The number of carbonyl (C=O) groups is 4. The Morgan fingerprint density at radius 3 is 1.50 bits per heavy atom. The van der Waals surface area contributed by atoms with Crippen molar-refractivity contribution in [3.05, 3.63) is 11.4 Å².